The first kappa shape index (κ1) is 13.2. The SMILES string of the molecule is COC1(C)CCCN(c2cccnc2C(N)=S)C1. The van der Waals surface area contributed by atoms with Gasteiger partial charge in [-0.05, 0) is 31.9 Å². The van der Waals surface area contributed by atoms with E-state index in [-0.39, 0.29) is 5.60 Å². The molecule has 1 aromatic rings. The van der Waals surface area contributed by atoms with E-state index in [4.69, 9.17) is 22.7 Å². The molecule has 2 N–H and O–H groups in total. The highest BCUT2D eigenvalue weighted by Gasteiger charge is 2.31. The second kappa shape index (κ2) is 5.20. The number of ether oxygens (including phenoxy) is 1. The Morgan fingerprint density at radius 3 is 3.06 bits per heavy atom. The Morgan fingerprint density at radius 2 is 2.39 bits per heavy atom. The molecule has 0 aliphatic carbocycles. The van der Waals surface area contributed by atoms with Crippen molar-refractivity contribution in [2.24, 2.45) is 5.73 Å². The van der Waals surface area contributed by atoms with Crippen molar-refractivity contribution in [2.75, 3.05) is 25.1 Å². The number of rotatable bonds is 3. The molecular formula is C13H19N3OS. The molecule has 4 nitrogen and oxygen atoms in total. The molecule has 2 heterocycles. The maximum atomic E-state index is 5.73. The smallest absolute Gasteiger partial charge is 0.124 e. The highest BCUT2D eigenvalue weighted by molar-refractivity contribution is 7.80. The summed E-state index contributed by atoms with van der Waals surface area (Å²) in [7, 11) is 1.77. The van der Waals surface area contributed by atoms with Crippen molar-refractivity contribution in [3.8, 4) is 0 Å². The number of anilines is 1. The van der Waals surface area contributed by atoms with Crippen molar-refractivity contribution >= 4 is 22.9 Å². The lowest BCUT2D eigenvalue weighted by molar-refractivity contribution is -0.00466. The highest BCUT2D eigenvalue weighted by Crippen LogP contribution is 2.29. The van der Waals surface area contributed by atoms with Gasteiger partial charge in [-0.2, -0.15) is 0 Å². The normalized spacial score (nSPS) is 24.0. The summed E-state index contributed by atoms with van der Waals surface area (Å²) in [6.07, 6.45) is 3.89. The summed E-state index contributed by atoms with van der Waals surface area (Å²) in [5.74, 6) is 0. The van der Waals surface area contributed by atoms with Gasteiger partial charge < -0.3 is 15.4 Å². The lowest BCUT2D eigenvalue weighted by atomic mass is 9.94. The van der Waals surface area contributed by atoms with Crippen LogP contribution in [0.4, 0.5) is 5.69 Å². The fourth-order valence-corrected chi connectivity index (χ4v) is 2.58. The van der Waals surface area contributed by atoms with E-state index >= 15 is 0 Å². The van der Waals surface area contributed by atoms with Gasteiger partial charge in [0, 0.05) is 26.4 Å². The lowest BCUT2D eigenvalue weighted by Gasteiger charge is -2.41. The Morgan fingerprint density at radius 1 is 1.61 bits per heavy atom. The van der Waals surface area contributed by atoms with Crippen LogP contribution in [0, 0.1) is 0 Å². The van der Waals surface area contributed by atoms with Gasteiger partial charge in [-0.25, -0.2) is 0 Å². The van der Waals surface area contributed by atoms with E-state index in [0.717, 1.165) is 31.6 Å². The van der Waals surface area contributed by atoms with E-state index in [1.54, 1.807) is 13.3 Å². The number of piperidine rings is 1. The average Bonchev–Trinajstić information content (AvgIpc) is 2.39. The molecule has 98 valence electrons. The fourth-order valence-electron chi connectivity index (χ4n) is 2.42. The predicted molar refractivity (Wildman–Crippen MR) is 77.0 cm³/mol. The van der Waals surface area contributed by atoms with Gasteiger partial charge in [0.15, 0.2) is 0 Å². The Balaban J connectivity index is 2.29. The number of thiocarbonyl (C=S) groups is 1. The first-order chi connectivity index (χ1) is 8.56. The van der Waals surface area contributed by atoms with Crippen LogP contribution in [0.25, 0.3) is 0 Å². The molecule has 1 fully saturated rings. The van der Waals surface area contributed by atoms with Crippen LogP contribution >= 0.6 is 12.2 Å². The van der Waals surface area contributed by atoms with Gasteiger partial charge in [0.05, 0.1) is 11.3 Å². The number of hydrogen-bond donors (Lipinski definition) is 1. The highest BCUT2D eigenvalue weighted by atomic mass is 32.1. The van der Waals surface area contributed by atoms with Crippen LogP contribution in [0.3, 0.4) is 0 Å². The van der Waals surface area contributed by atoms with Gasteiger partial charge >= 0.3 is 0 Å². The van der Waals surface area contributed by atoms with Gasteiger partial charge in [-0.15, -0.1) is 0 Å². The zero-order valence-electron chi connectivity index (χ0n) is 10.8. The molecule has 1 aromatic heterocycles. The van der Waals surface area contributed by atoms with Crippen LogP contribution in [0.15, 0.2) is 18.3 Å². The monoisotopic (exact) mass is 265 g/mol. The Hall–Kier alpha value is -1.20. The molecule has 1 aliphatic heterocycles. The van der Waals surface area contributed by atoms with Gasteiger partial charge in [0.25, 0.3) is 0 Å². The van der Waals surface area contributed by atoms with E-state index in [0.29, 0.717) is 10.7 Å². The third-order valence-corrected chi connectivity index (χ3v) is 3.71. The van der Waals surface area contributed by atoms with Crippen molar-refractivity contribution in [1.29, 1.82) is 0 Å². The van der Waals surface area contributed by atoms with E-state index in [9.17, 15) is 0 Å². The second-order valence-electron chi connectivity index (χ2n) is 4.91. The number of hydrogen-bond acceptors (Lipinski definition) is 4. The molecule has 2 rings (SSSR count). The van der Waals surface area contributed by atoms with Gasteiger partial charge in [0.1, 0.15) is 10.7 Å². The summed E-state index contributed by atoms with van der Waals surface area (Å²) in [5, 5.41) is 0. The van der Waals surface area contributed by atoms with Crippen molar-refractivity contribution in [3.63, 3.8) is 0 Å². The first-order valence-electron chi connectivity index (χ1n) is 6.11. The van der Waals surface area contributed by atoms with E-state index < -0.39 is 0 Å². The molecule has 5 heteroatoms. The number of aromatic nitrogens is 1. The molecule has 1 saturated heterocycles. The summed E-state index contributed by atoms with van der Waals surface area (Å²) < 4.78 is 5.60. The van der Waals surface area contributed by atoms with Crippen LogP contribution in [0.5, 0.6) is 0 Å². The molecule has 0 amide bonds. The zero-order valence-corrected chi connectivity index (χ0v) is 11.7. The summed E-state index contributed by atoms with van der Waals surface area (Å²) in [4.78, 5) is 6.88. The molecule has 1 atom stereocenters. The maximum absolute atomic E-state index is 5.73. The predicted octanol–water partition coefficient (Wildman–Crippen LogP) is 1.72. The topological polar surface area (TPSA) is 51.4 Å². The minimum Gasteiger partial charge on any atom is -0.388 e. The molecule has 0 aromatic carbocycles. The minimum atomic E-state index is -0.110. The molecule has 0 bridgehead atoms. The standard InChI is InChI=1S/C13H19N3OS/c1-13(17-2)6-4-8-16(9-13)10-5-3-7-15-11(10)12(14)18/h3,5,7H,4,6,8-9H2,1-2H3,(H2,14,18). The third-order valence-electron chi connectivity index (χ3n) is 3.51. The van der Waals surface area contributed by atoms with Crippen LogP contribution in [0.2, 0.25) is 0 Å². The van der Waals surface area contributed by atoms with Gasteiger partial charge in [-0.1, -0.05) is 12.2 Å². The minimum absolute atomic E-state index is 0.110. The zero-order chi connectivity index (χ0) is 13.2. The van der Waals surface area contributed by atoms with Crippen LogP contribution in [-0.4, -0.2) is 35.8 Å². The van der Waals surface area contributed by atoms with Crippen molar-refractivity contribution in [2.45, 2.75) is 25.4 Å². The number of nitrogens with two attached hydrogens (primary N) is 1. The largest absolute Gasteiger partial charge is 0.388 e. The second-order valence-corrected chi connectivity index (χ2v) is 5.35. The lowest BCUT2D eigenvalue weighted by Crippen LogP contribution is -2.48. The van der Waals surface area contributed by atoms with Gasteiger partial charge in [0.2, 0.25) is 0 Å². The molecule has 0 spiro atoms. The number of nitrogens with zero attached hydrogens (tertiary/aromatic N) is 2. The molecule has 0 radical (unpaired) electrons. The molecule has 1 aliphatic rings. The van der Waals surface area contributed by atoms with Crippen LogP contribution in [0.1, 0.15) is 25.5 Å². The molecule has 18 heavy (non-hydrogen) atoms. The fraction of sp³-hybridized carbons (Fsp3) is 0.538. The summed E-state index contributed by atoms with van der Waals surface area (Å²) in [5.41, 5.74) is 7.33. The third kappa shape index (κ3) is 2.62. The Kier molecular flexibility index (Phi) is 3.82. The summed E-state index contributed by atoms with van der Waals surface area (Å²) >= 11 is 5.06. The van der Waals surface area contributed by atoms with E-state index in [2.05, 4.69) is 16.8 Å². The quantitative estimate of drug-likeness (QED) is 0.843. The number of pyridine rings is 1. The van der Waals surface area contributed by atoms with Gasteiger partial charge in [-0.3, -0.25) is 4.98 Å². The van der Waals surface area contributed by atoms with Crippen molar-refractivity contribution in [3.05, 3.63) is 24.0 Å². The molecular weight excluding hydrogens is 246 g/mol. The maximum Gasteiger partial charge on any atom is 0.124 e. The Labute approximate surface area is 113 Å². The molecule has 0 saturated carbocycles. The number of methoxy groups -OCH3 is 1. The van der Waals surface area contributed by atoms with Crippen LogP contribution in [-0.2, 0) is 4.74 Å². The van der Waals surface area contributed by atoms with E-state index in [1.165, 1.54) is 0 Å². The Bertz CT molecular complexity index is 452. The van der Waals surface area contributed by atoms with E-state index in [1.807, 2.05) is 12.1 Å². The van der Waals surface area contributed by atoms with Crippen LogP contribution < -0.4 is 10.6 Å². The van der Waals surface area contributed by atoms with Crippen molar-refractivity contribution in [1.82, 2.24) is 4.98 Å². The summed E-state index contributed by atoms with van der Waals surface area (Å²) in [6.45, 7) is 3.96. The molecule has 1 unspecified atom stereocenters. The summed E-state index contributed by atoms with van der Waals surface area (Å²) in [6, 6.07) is 3.93. The average molecular weight is 265 g/mol. The first-order valence-corrected chi connectivity index (χ1v) is 6.51. The van der Waals surface area contributed by atoms with Crippen molar-refractivity contribution < 1.29 is 4.74 Å².